The summed E-state index contributed by atoms with van der Waals surface area (Å²) in [5.74, 6) is -0.727. The van der Waals surface area contributed by atoms with Crippen molar-refractivity contribution >= 4 is 21.9 Å². The van der Waals surface area contributed by atoms with Crippen LogP contribution in [-0.4, -0.2) is 46.6 Å². The zero-order valence-corrected chi connectivity index (χ0v) is 17.6. The molecule has 8 nitrogen and oxygen atoms in total. The SMILES string of the molecule is COc1ccc(S(=O)(=O)N[C@@H](C)C(=O)OCC(=O)NCCC2=CCCCC2)cc1. The topological polar surface area (TPSA) is 111 Å². The number of rotatable bonds is 10. The van der Waals surface area contributed by atoms with Crippen LogP contribution in [0.1, 0.15) is 39.0 Å². The number of allylic oxidation sites excluding steroid dienone is 1. The zero-order valence-electron chi connectivity index (χ0n) is 16.8. The van der Waals surface area contributed by atoms with Crippen LogP contribution in [-0.2, 0) is 24.3 Å². The van der Waals surface area contributed by atoms with Gasteiger partial charge >= 0.3 is 5.97 Å². The quantitative estimate of drug-likeness (QED) is 0.438. The van der Waals surface area contributed by atoms with Crippen LogP contribution in [0, 0.1) is 0 Å². The van der Waals surface area contributed by atoms with Crippen LogP contribution in [0.15, 0.2) is 40.8 Å². The normalized spacial score (nSPS) is 15.2. The molecule has 9 heteroatoms. The molecular formula is C20H28N2O6S. The highest BCUT2D eigenvalue weighted by Crippen LogP contribution is 2.19. The van der Waals surface area contributed by atoms with Crippen molar-refractivity contribution < 1.29 is 27.5 Å². The van der Waals surface area contributed by atoms with Gasteiger partial charge in [-0.2, -0.15) is 4.72 Å². The smallest absolute Gasteiger partial charge is 0.324 e. The van der Waals surface area contributed by atoms with Crippen LogP contribution in [0.3, 0.4) is 0 Å². The maximum absolute atomic E-state index is 12.3. The molecule has 2 rings (SSSR count). The summed E-state index contributed by atoms with van der Waals surface area (Å²) in [7, 11) is -2.43. The Balaban J connectivity index is 1.74. The molecular weight excluding hydrogens is 396 g/mol. The Bertz CT molecular complexity index is 833. The van der Waals surface area contributed by atoms with Gasteiger partial charge in [-0.25, -0.2) is 8.42 Å². The number of ether oxygens (including phenoxy) is 2. The molecule has 0 spiro atoms. The monoisotopic (exact) mass is 424 g/mol. The van der Waals surface area contributed by atoms with E-state index in [4.69, 9.17) is 9.47 Å². The number of nitrogens with one attached hydrogen (secondary N) is 2. The van der Waals surface area contributed by atoms with Crippen LogP contribution >= 0.6 is 0 Å². The minimum Gasteiger partial charge on any atom is -0.497 e. The van der Waals surface area contributed by atoms with E-state index >= 15 is 0 Å². The first-order valence-electron chi connectivity index (χ1n) is 9.59. The maximum Gasteiger partial charge on any atom is 0.324 e. The van der Waals surface area contributed by atoms with Crippen molar-refractivity contribution in [1.82, 2.24) is 10.0 Å². The molecule has 1 aromatic carbocycles. The van der Waals surface area contributed by atoms with Crippen molar-refractivity contribution in [3.63, 3.8) is 0 Å². The third kappa shape index (κ3) is 7.51. The van der Waals surface area contributed by atoms with Gasteiger partial charge < -0.3 is 14.8 Å². The lowest BCUT2D eigenvalue weighted by Gasteiger charge is -2.15. The van der Waals surface area contributed by atoms with Crippen molar-refractivity contribution in [3.8, 4) is 5.75 Å². The average Bonchev–Trinajstić information content (AvgIpc) is 2.72. The molecule has 0 aliphatic heterocycles. The fraction of sp³-hybridized carbons (Fsp3) is 0.500. The largest absolute Gasteiger partial charge is 0.497 e. The van der Waals surface area contributed by atoms with E-state index in [1.54, 1.807) is 0 Å². The van der Waals surface area contributed by atoms with Crippen molar-refractivity contribution in [3.05, 3.63) is 35.9 Å². The van der Waals surface area contributed by atoms with Gasteiger partial charge in [0, 0.05) is 6.54 Å². The lowest BCUT2D eigenvalue weighted by molar-refractivity contribution is -0.149. The third-order valence-electron chi connectivity index (χ3n) is 4.55. The number of methoxy groups -OCH3 is 1. The van der Waals surface area contributed by atoms with E-state index < -0.39 is 34.5 Å². The van der Waals surface area contributed by atoms with Gasteiger partial charge in [-0.15, -0.1) is 0 Å². The number of amides is 1. The average molecular weight is 425 g/mol. The van der Waals surface area contributed by atoms with E-state index in [-0.39, 0.29) is 4.90 Å². The first-order valence-corrected chi connectivity index (χ1v) is 11.1. The molecule has 0 unspecified atom stereocenters. The number of hydrogen-bond donors (Lipinski definition) is 2. The van der Waals surface area contributed by atoms with Crippen LogP contribution in [0.2, 0.25) is 0 Å². The molecule has 0 fully saturated rings. The molecule has 1 aliphatic rings. The van der Waals surface area contributed by atoms with Crippen LogP contribution in [0.5, 0.6) is 5.75 Å². The van der Waals surface area contributed by atoms with Gasteiger partial charge in [-0.3, -0.25) is 9.59 Å². The van der Waals surface area contributed by atoms with Gasteiger partial charge in [-0.05, 0) is 63.3 Å². The summed E-state index contributed by atoms with van der Waals surface area (Å²) in [5, 5.41) is 2.70. The predicted molar refractivity (Wildman–Crippen MR) is 108 cm³/mol. The molecule has 1 aliphatic carbocycles. The van der Waals surface area contributed by atoms with E-state index in [9.17, 15) is 18.0 Å². The summed E-state index contributed by atoms with van der Waals surface area (Å²) >= 11 is 0. The Morgan fingerprint density at radius 2 is 1.90 bits per heavy atom. The highest BCUT2D eigenvalue weighted by atomic mass is 32.2. The van der Waals surface area contributed by atoms with E-state index in [2.05, 4.69) is 16.1 Å². The fourth-order valence-electron chi connectivity index (χ4n) is 2.91. The second kappa shape index (κ2) is 11.0. The Morgan fingerprint density at radius 3 is 2.52 bits per heavy atom. The predicted octanol–water partition coefficient (Wildman–Crippen LogP) is 1.91. The number of carbonyl (C=O) groups is 2. The minimum absolute atomic E-state index is 0.00675. The summed E-state index contributed by atoms with van der Waals surface area (Å²) in [6.45, 7) is 1.39. The Kier molecular flexibility index (Phi) is 8.66. The Hall–Kier alpha value is -2.39. The molecule has 0 heterocycles. The lowest BCUT2D eigenvalue weighted by atomic mass is 9.97. The molecule has 1 atom stereocenters. The molecule has 1 aromatic rings. The van der Waals surface area contributed by atoms with E-state index in [0.29, 0.717) is 12.3 Å². The number of esters is 1. The molecule has 1 amide bonds. The third-order valence-corrected chi connectivity index (χ3v) is 6.11. The number of sulfonamides is 1. The molecule has 0 bridgehead atoms. The highest BCUT2D eigenvalue weighted by molar-refractivity contribution is 7.89. The van der Waals surface area contributed by atoms with Gasteiger partial charge in [0.25, 0.3) is 5.91 Å². The first kappa shape index (κ1) is 22.9. The molecule has 160 valence electrons. The van der Waals surface area contributed by atoms with E-state index in [1.807, 2.05) is 0 Å². The minimum atomic E-state index is -3.91. The van der Waals surface area contributed by atoms with E-state index in [1.165, 1.54) is 56.7 Å². The second-order valence-electron chi connectivity index (χ2n) is 6.83. The number of benzene rings is 1. The lowest BCUT2D eigenvalue weighted by Crippen LogP contribution is -2.41. The summed E-state index contributed by atoms with van der Waals surface area (Å²) < 4.78 is 36.8. The maximum atomic E-state index is 12.3. The summed E-state index contributed by atoms with van der Waals surface area (Å²) in [5.41, 5.74) is 1.34. The summed E-state index contributed by atoms with van der Waals surface area (Å²) in [6, 6.07) is 4.61. The van der Waals surface area contributed by atoms with Crippen molar-refractivity contribution in [2.75, 3.05) is 20.3 Å². The second-order valence-corrected chi connectivity index (χ2v) is 8.55. The molecule has 0 saturated carbocycles. The molecule has 2 N–H and O–H groups in total. The Labute approximate surface area is 171 Å². The number of hydrogen-bond acceptors (Lipinski definition) is 6. The highest BCUT2D eigenvalue weighted by Gasteiger charge is 2.23. The first-order chi connectivity index (χ1) is 13.8. The molecule has 0 aromatic heterocycles. The summed E-state index contributed by atoms with van der Waals surface area (Å²) in [6.07, 6.45) is 7.56. The standard InChI is InChI=1S/C20H28N2O6S/c1-15(22-29(25,26)18-10-8-17(27-2)9-11-18)20(24)28-14-19(23)21-13-12-16-6-4-3-5-7-16/h6,8-11,15,22H,3-5,7,12-14H2,1-2H3,(H,21,23)/t15-/m0/s1. The fourth-order valence-corrected chi connectivity index (χ4v) is 4.10. The van der Waals surface area contributed by atoms with Crippen LogP contribution in [0.4, 0.5) is 0 Å². The van der Waals surface area contributed by atoms with Crippen LogP contribution < -0.4 is 14.8 Å². The molecule has 0 radical (unpaired) electrons. The zero-order chi connectivity index (χ0) is 21.3. The summed E-state index contributed by atoms with van der Waals surface area (Å²) in [4.78, 5) is 23.8. The number of carbonyl (C=O) groups excluding carboxylic acids is 2. The molecule has 0 saturated heterocycles. The van der Waals surface area contributed by atoms with Crippen molar-refractivity contribution in [2.45, 2.75) is 50.0 Å². The Morgan fingerprint density at radius 1 is 1.17 bits per heavy atom. The van der Waals surface area contributed by atoms with Gasteiger partial charge in [0.15, 0.2) is 6.61 Å². The van der Waals surface area contributed by atoms with E-state index in [0.717, 1.165) is 19.3 Å². The van der Waals surface area contributed by atoms with Gasteiger partial charge in [0.1, 0.15) is 11.8 Å². The van der Waals surface area contributed by atoms with Gasteiger partial charge in [0.05, 0.1) is 12.0 Å². The van der Waals surface area contributed by atoms with Crippen molar-refractivity contribution in [2.24, 2.45) is 0 Å². The van der Waals surface area contributed by atoms with Crippen LogP contribution in [0.25, 0.3) is 0 Å². The van der Waals surface area contributed by atoms with Gasteiger partial charge in [0.2, 0.25) is 10.0 Å². The van der Waals surface area contributed by atoms with Crippen molar-refractivity contribution in [1.29, 1.82) is 0 Å². The van der Waals surface area contributed by atoms with Gasteiger partial charge in [-0.1, -0.05) is 11.6 Å². The molecule has 29 heavy (non-hydrogen) atoms.